The number of nitrogens with one attached hydrogen (secondary N) is 2. The highest BCUT2D eigenvalue weighted by Crippen LogP contribution is 2.23. The lowest BCUT2D eigenvalue weighted by atomic mass is 9.95. The van der Waals surface area contributed by atoms with Gasteiger partial charge in [-0.2, -0.15) is 5.10 Å². The average Bonchev–Trinajstić information content (AvgIpc) is 2.56. The number of carbonyl (C=O) groups excluding carboxylic acids is 1. The number of para-hydroxylation sites is 1. The molecule has 0 saturated carbocycles. The van der Waals surface area contributed by atoms with Crippen molar-refractivity contribution < 1.29 is 4.79 Å². The van der Waals surface area contributed by atoms with Crippen molar-refractivity contribution in [2.24, 2.45) is 5.92 Å². The van der Waals surface area contributed by atoms with E-state index < -0.39 is 0 Å². The quantitative estimate of drug-likeness (QED) is 0.902. The van der Waals surface area contributed by atoms with Gasteiger partial charge in [0.1, 0.15) is 0 Å². The molecule has 0 spiro atoms. The topological polar surface area (TPSA) is 78.1 Å². The molecule has 1 aromatic carbocycles. The van der Waals surface area contributed by atoms with Crippen LogP contribution < -0.4 is 15.8 Å². The molecule has 0 unspecified atom stereocenters. The Kier molecular flexibility index (Phi) is 4.18. The molecule has 6 heteroatoms. The van der Waals surface area contributed by atoms with E-state index in [9.17, 15) is 9.59 Å². The van der Waals surface area contributed by atoms with Gasteiger partial charge < -0.3 is 10.2 Å². The maximum absolute atomic E-state index is 12.3. The highest BCUT2D eigenvalue weighted by Gasteiger charge is 2.25. The number of benzene rings is 1. The molecule has 114 valence electrons. The lowest BCUT2D eigenvalue weighted by Gasteiger charge is -2.32. The van der Waals surface area contributed by atoms with Crippen LogP contribution >= 0.6 is 0 Å². The Balaban J connectivity index is 1.57. The minimum Gasteiger partial charge on any atom is -0.370 e. The molecule has 0 bridgehead atoms. The molecule has 2 aromatic rings. The Hall–Kier alpha value is -2.63. The number of carbonyl (C=O) groups is 1. The van der Waals surface area contributed by atoms with Crippen molar-refractivity contribution in [3.05, 3.63) is 52.9 Å². The summed E-state index contributed by atoms with van der Waals surface area (Å²) in [6, 6.07) is 11.0. The molecular formula is C16H18N4O2. The van der Waals surface area contributed by atoms with Crippen molar-refractivity contribution in [3.63, 3.8) is 0 Å². The Labute approximate surface area is 128 Å². The number of aromatic nitrogens is 2. The van der Waals surface area contributed by atoms with Gasteiger partial charge in [-0.3, -0.25) is 9.59 Å². The third-order valence-electron chi connectivity index (χ3n) is 3.92. The molecule has 2 heterocycles. The maximum Gasteiger partial charge on any atom is 0.266 e. The fraction of sp³-hybridized carbons (Fsp3) is 0.312. The van der Waals surface area contributed by atoms with Crippen LogP contribution in [0.4, 0.5) is 11.4 Å². The summed E-state index contributed by atoms with van der Waals surface area (Å²) in [6.07, 6.45) is 3.18. The van der Waals surface area contributed by atoms with E-state index in [2.05, 4.69) is 20.4 Å². The first-order chi connectivity index (χ1) is 10.7. The van der Waals surface area contributed by atoms with Crippen LogP contribution in [0.3, 0.4) is 0 Å². The number of aromatic amines is 1. The number of anilines is 2. The standard InChI is InChI=1S/C16H18N4O2/c21-15-10-14(11-17-19-15)20-8-6-12(7-9-20)16(22)18-13-4-2-1-3-5-13/h1-5,10-12H,6-9H2,(H,18,22)(H,19,21). The van der Waals surface area contributed by atoms with Gasteiger partial charge in [0.2, 0.25) is 5.91 Å². The smallest absolute Gasteiger partial charge is 0.266 e. The molecule has 1 fully saturated rings. The lowest BCUT2D eigenvalue weighted by Crippen LogP contribution is -2.38. The minimum atomic E-state index is -0.207. The number of H-pyrrole nitrogens is 1. The fourth-order valence-corrected chi connectivity index (χ4v) is 2.70. The first kappa shape index (κ1) is 14.3. The lowest BCUT2D eigenvalue weighted by molar-refractivity contribution is -0.120. The third kappa shape index (κ3) is 3.33. The number of piperidine rings is 1. The van der Waals surface area contributed by atoms with Gasteiger partial charge in [-0.05, 0) is 25.0 Å². The van der Waals surface area contributed by atoms with Crippen LogP contribution in [-0.4, -0.2) is 29.2 Å². The molecule has 1 aliphatic heterocycles. The number of amides is 1. The van der Waals surface area contributed by atoms with Gasteiger partial charge in [-0.1, -0.05) is 18.2 Å². The molecule has 3 rings (SSSR count). The Bertz CT molecular complexity index is 691. The number of rotatable bonds is 3. The van der Waals surface area contributed by atoms with Crippen LogP contribution in [0, 0.1) is 5.92 Å². The van der Waals surface area contributed by atoms with E-state index in [1.165, 1.54) is 6.07 Å². The molecule has 0 radical (unpaired) electrons. The molecule has 2 N–H and O–H groups in total. The van der Waals surface area contributed by atoms with E-state index in [4.69, 9.17) is 0 Å². The van der Waals surface area contributed by atoms with Crippen LogP contribution in [0.5, 0.6) is 0 Å². The van der Waals surface area contributed by atoms with E-state index in [-0.39, 0.29) is 17.4 Å². The summed E-state index contributed by atoms with van der Waals surface area (Å²) in [7, 11) is 0. The van der Waals surface area contributed by atoms with E-state index in [1.807, 2.05) is 30.3 Å². The summed E-state index contributed by atoms with van der Waals surface area (Å²) >= 11 is 0. The van der Waals surface area contributed by atoms with Gasteiger partial charge in [-0.25, -0.2) is 5.10 Å². The summed E-state index contributed by atoms with van der Waals surface area (Å²) in [5, 5.41) is 9.13. The zero-order chi connectivity index (χ0) is 15.4. The number of nitrogens with zero attached hydrogens (tertiary/aromatic N) is 2. The van der Waals surface area contributed by atoms with E-state index in [0.29, 0.717) is 0 Å². The number of hydrogen-bond acceptors (Lipinski definition) is 4. The van der Waals surface area contributed by atoms with Crippen molar-refractivity contribution in [2.45, 2.75) is 12.8 Å². The molecule has 1 aliphatic rings. The highest BCUT2D eigenvalue weighted by molar-refractivity contribution is 5.92. The molecular weight excluding hydrogens is 280 g/mol. The summed E-state index contributed by atoms with van der Waals surface area (Å²) in [6.45, 7) is 1.50. The van der Waals surface area contributed by atoms with Crippen LogP contribution in [0.25, 0.3) is 0 Å². The second-order valence-electron chi connectivity index (χ2n) is 5.42. The van der Waals surface area contributed by atoms with Crippen molar-refractivity contribution in [3.8, 4) is 0 Å². The SMILES string of the molecule is O=C(Nc1ccccc1)C1CCN(c2cn[nH]c(=O)c2)CC1. The van der Waals surface area contributed by atoms with Crippen LogP contribution in [-0.2, 0) is 4.79 Å². The average molecular weight is 298 g/mol. The maximum atomic E-state index is 12.3. The molecule has 1 aromatic heterocycles. The summed E-state index contributed by atoms with van der Waals surface area (Å²) in [5.41, 5.74) is 1.43. The van der Waals surface area contributed by atoms with Crippen molar-refractivity contribution in [1.29, 1.82) is 0 Å². The fourth-order valence-electron chi connectivity index (χ4n) is 2.70. The Morgan fingerprint density at radius 2 is 1.95 bits per heavy atom. The third-order valence-corrected chi connectivity index (χ3v) is 3.92. The second-order valence-corrected chi connectivity index (χ2v) is 5.42. The second kappa shape index (κ2) is 6.43. The largest absolute Gasteiger partial charge is 0.370 e. The van der Waals surface area contributed by atoms with Crippen LogP contribution in [0.15, 0.2) is 47.4 Å². The van der Waals surface area contributed by atoms with Gasteiger partial charge in [0, 0.05) is 30.8 Å². The van der Waals surface area contributed by atoms with Gasteiger partial charge in [0.05, 0.1) is 11.9 Å². The highest BCUT2D eigenvalue weighted by atomic mass is 16.2. The zero-order valence-electron chi connectivity index (χ0n) is 12.2. The van der Waals surface area contributed by atoms with Gasteiger partial charge in [0.15, 0.2) is 0 Å². The predicted molar refractivity (Wildman–Crippen MR) is 84.9 cm³/mol. The van der Waals surface area contributed by atoms with Crippen molar-refractivity contribution >= 4 is 17.3 Å². The molecule has 6 nitrogen and oxygen atoms in total. The molecule has 0 atom stereocenters. The molecule has 1 saturated heterocycles. The molecule has 0 aliphatic carbocycles. The number of hydrogen-bond donors (Lipinski definition) is 2. The first-order valence-electron chi connectivity index (χ1n) is 7.38. The monoisotopic (exact) mass is 298 g/mol. The van der Waals surface area contributed by atoms with Gasteiger partial charge >= 0.3 is 0 Å². The normalized spacial score (nSPS) is 15.5. The summed E-state index contributed by atoms with van der Waals surface area (Å²) < 4.78 is 0. The zero-order valence-corrected chi connectivity index (χ0v) is 12.2. The van der Waals surface area contributed by atoms with Gasteiger partial charge in [-0.15, -0.1) is 0 Å². The Morgan fingerprint density at radius 3 is 2.64 bits per heavy atom. The van der Waals surface area contributed by atoms with Crippen molar-refractivity contribution in [1.82, 2.24) is 10.2 Å². The minimum absolute atomic E-state index is 0.00594. The molecule has 22 heavy (non-hydrogen) atoms. The Morgan fingerprint density at radius 1 is 1.23 bits per heavy atom. The summed E-state index contributed by atoms with van der Waals surface area (Å²) in [4.78, 5) is 25.7. The van der Waals surface area contributed by atoms with Gasteiger partial charge in [0.25, 0.3) is 5.56 Å². The van der Waals surface area contributed by atoms with Crippen LogP contribution in [0.2, 0.25) is 0 Å². The van der Waals surface area contributed by atoms with E-state index >= 15 is 0 Å². The predicted octanol–water partition coefficient (Wildman–Crippen LogP) is 1.62. The first-order valence-corrected chi connectivity index (χ1v) is 7.38. The van der Waals surface area contributed by atoms with Crippen LogP contribution in [0.1, 0.15) is 12.8 Å². The van der Waals surface area contributed by atoms with E-state index in [0.717, 1.165) is 37.3 Å². The van der Waals surface area contributed by atoms with E-state index in [1.54, 1.807) is 6.20 Å². The van der Waals surface area contributed by atoms with Crippen molar-refractivity contribution in [2.75, 3.05) is 23.3 Å². The molecule has 1 amide bonds. The summed E-state index contributed by atoms with van der Waals surface area (Å²) in [5.74, 6) is 0.0706.